The van der Waals surface area contributed by atoms with Gasteiger partial charge in [0.25, 0.3) is 0 Å². The van der Waals surface area contributed by atoms with Crippen LogP contribution in [0.1, 0.15) is 13.8 Å². The van der Waals surface area contributed by atoms with Gasteiger partial charge >= 0.3 is 0 Å². The summed E-state index contributed by atoms with van der Waals surface area (Å²) in [4.78, 5) is 0. The van der Waals surface area contributed by atoms with Crippen molar-refractivity contribution in [3.05, 3.63) is 0 Å². The summed E-state index contributed by atoms with van der Waals surface area (Å²) in [6.07, 6.45) is 0. The Kier molecular flexibility index (Phi) is 1.78. The fourth-order valence-corrected chi connectivity index (χ4v) is 1.20. The molecule has 0 aliphatic carbocycles. The van der Waals surface area contributed by atoms with Gasteiger partial charge in [0.2, 0.25) is 0 Å². The minimum absolute atomic E-state index is 0.499. The monoisotopic (exact) mass is 130 g/mol. The first-order valence-corrected chi connectivity index (χ1v) is 3.74. The van der Waals surface area contributed by atoms with Gasteiger partial charge in [-0.1, -0.05) is 0 Å². The van der Waals surface area contributed by atoms with E-state index in [1.807, 2.05) is 18.7 Å². The molecule has 1 rings (SSSR count). The first-order chi connectivity index (χ1) is 3.79. The van der Waals surface area contributed by atoms with Crippen LogP contribution in [0.25, 0.3) is 0 Å². The van der Waals surface area contributed by atoms with E-state index in [9.17, 15) is 0 Å². The molecule has 0 amide bonds. The zero-order valence-corrected chi connectivity index (χ0v) is 5.96. The fourth-order valence-electron chi connectivity index (χ4n) is 0.516. The Labute approximate surface area is 53.7 Å². The van der Waals surface area contributed by atoms with Crippen molar-refractivity contribution in [1.82, 2.24) is 5.43 Å². The highest BCUT2D eigenvalue weighted by molar-refractivity contribution is 8.00. The summed E-state index contributed by atoms with van der Waals surface area (Å²) in [6, 6.07) is 0. The highest BCUT2D eigenvalue weighted by Gasteiger charge is 2.05. The molecule has 0 spiro atoms. The summed E-state index contributed by atoms with van der Waals surface area (Å²) in [5.74, 6) is 1.08. The first-order valence-electron chi connectivity index (χ1n) is 2.69. The average molecular weight is 130 g/mol. The Morgan fingerprint density at radius 1 is 1.88 bits per heavy atom. The maximum atomic E-state index is 4.06. The van der Waals surface area contributed by atoms with E-state index in [1.54, 1.807) is 0 Å². The highest BCUT2D eigenvalue weighted by atomic mass is 32.2. The molecule has 8 heavy (non-hydrogen) atoms. The van der Waals surface area contributed by atoms with Crippen molar-refractivity contribution in [2.24, 2.45) is 5.10 Å². The van der Waals surface area contributed by atoms with E-state index >= 15 is 0 Å². The van der Waals surface area contributed by atoms with Crippen molar-refractivity contribution in [3.8, 4) is 0 Å². The fraction of sp³-hybridized carbons (Fsp3) is 0.800. The number of rotatable bonds is 0. The molecule has 0 saturated heterocycles. The SMILES string of the molecule is CC1=NNC(C)SC1. The lowest BCUT2D eigenvalue weighted by molar-refractivity contribution is 0.728. The predicted octanol–water partition coefficient (Wildman–Crippen LogP) is 1.04. The van der Waals surface area contributed by atoms with Crippen LogP contribution in [0.15, 0.2) is 5.10 Å². The van der Waals surface area contributed by atoms with Gasteiger partial charge in [0, 0.05) is 11.5 Å². The van der Waals surface area contributed by atoms with Gasteiger partial charge in [0.05, 0.1) is 5.37 Å². The molecule has 0 aromatic heterocycles. The molecule has 0 aromatic rings. The number of nitrogens with zero attached hydrogens (tertiary/aromatic N) is 1. The second-order valence-corrected chi connectivity index (χ2v) is 3.26. The van der Waals surface area contributed by atoms with E-state index in [-0.39, 0.29) is 0 Å². The molecule has 0 bridgehead atoms. The smallest absolute Gasteiger partial charge is 0.0867 e. The maximum absolute atomic E-state index is 4.06. The van der Waals surface area contributed by atoms with Gasteiger partial charge in [-0.2, -0.15) is 5.10 Å². The van der Waals surface area contributed by atoms with Gasteiger partial charge < -0.3 is 0 Å². The summed E-state index contributed by atoms with van der Waals surface area (Å²) >= 11 is 1.88. The van der Waals surface area contributed by atoms with Crippen LogP contribution in [0.4, 0.5) is 0 Å². The third-order valence-electron chi connectivity index (χ3n) is 0.979. The first kappa shape index (κ1) is 5.95. The number of hydrogen-bond donors (Lipinski definition) is 1. The normalized spacial score (nSPS) is 28.8. The molecule has 1 heterocycles. The zero-order valence-electron chi connectivity index (χ0n) is 5.14. The predicted molar refractivity (Wildman–Crippen MR) is 38.2 cm³/mol. The Bertz CT molecular complexity index is 111. The van der Waals surface area contributed by atoms with Gasteiger partial charge in [-0.25, -0.2) is 0 Å². The van der Waals surface area contributed by atoms with Crippen LogP contribution in [-0.4, -0.2) is 16.8 Å². The van der Waals surface area contributed by atoms with Crippen molar-refractivity contribution in [2.75, 3.05) is 5.75 Å². The van der Waals surface area contributed by atoms with E-state index in [0.29, 0.717) is 5.37 Å². The maximum Gasteiger partial charge on any atom is 0.0867 e. The van der Waals surface area contributed by atoms with Gasteiger partial charge in [-0.15, -0.1) is 11.8 Å². The van der Waals surface area contributed by atoms with Gasteiger partial charge in [0.15, 0.2) is 0 Å². The molecule has 1 unspecified atom stereocenters. The van der Waals surface area contributed by atoms with Crippen LogP contribution in [0, 0.1) is 0 Å². The Balaban J connectivity index is 2.42. The average Bonchev–Trinajstić information content (AvgIpc) is 1.77. The summed E-state index contributed by atoms with van der Waals surface area (Å²) in [5.41, 5.74) is 4.17. The van der Waals surface area contributed by atoms with Crippen LogP contribution in [-0.2, 0) is 0 Å². The molecule has 0 radical (unpaired) electrons. The van der Waals surface area contributed by atoms with E-state index in [4.69, 9.17) is 0 Å². The third-order valence-corrected chi connectivity index (χ3v) is 2.17. The van der Waals surface area contributed by atoms with Gasteiger partial charge in [-0.3, -0.25) is 5.43 Å². The Hall–Kier alpha value is -0.180. The van der Waals surface area contributed by atoms with Gasteiger partial charge in [-0.05, 0) is 13.8 Å². The molecular weight excluding hydrogens is 120 g/mol. The lowest BCUT2D eigenvalue weighted by Gasteiger charge is -2.15. The topological polar surface area (TPSA) is 24.4 Å². The molecule has 1 N–H and O–H groups in total. The number of nitrogens with one attached hydrogen (secondary N) is 1. The highest BCUT2D eigenvalue weighted by Crippen LogP contribution is 2.10. The van der Waals surface area contributed by atoms with Crippen LogP contribution >= 0.6 is 11.8 Å². The molecule has 0 aromatic carbocycles. The number of thioether (sulfide) groups is 1. The largest absolute Gasteiger partial charge is 0.297 e. The minimum Gasteiger partial charge on any atom is -0.297 e. The van der Waals surface area contributed by atoms with Crippen LogP contribution in [0.2, 0.25) is 0 Å². The molecule has 0 saturated carbocycles. The van der Waals surface area contributed by atoms with E-state index in [0.717, 1.165) is 5.75 Å². The minimum atomic E-state index is 0.499. The second kappa shape index (κ2) is 2.40. The Morgan fingerprint density at radius 3 is 3.00 bits per heavy atom. The molecular formula is C5H10N2S. The molecule has 2 nitrogen and oxygen atoms in total. The summed E-state index contributed by atoms with van der Waals surface area (Å²) in [6.45, 7) is 4.15. The Morgan fingerprint density at radius 2 is 2.62 bits per heavy atom. The molecule has 1 atom stereocenters. The lowest BCUT2D eigenvalue weighted by Crippen LogP contribution is -2.24. The van der Waals surface area contributed by atoms with Crippen molar-refractivity contribution >= 4 is 17.5 Å². The zero-order chi connectivity index (χ0) is 5.98. The summed E-state index contributed by atoms with van der Waals surface area (Å²) in [7, 11) is 0. The molecule has 0 fully saturated rings. The molecule has 3 heteroatoms. The number of hydrazone groups is 1. The summed E-state index contributed by atoms with van der Waals surface area (Å²) in [5, 5.41) is 4.56. The van der Waals surface area contributed by atoms with Crippen molar-refractivity contribution in [1.29, 1.82) is 0 Å². The van der Waals surface area contributed by atoms with Crippen molar-refractivity contribution in [3.63, 3.8) is 0 Å². The molecule has 1 aliphatic heterocycles. The lowest BCUT2D eigenvalue weighted by atomic mass is 10.5. The quantitative estimate of drug-likeness (QED) is 0.530. The molecule has 1 aliphatic rings. The van der Waals surface area contributed by atoms with E-state index in [1.165, 1.54) is 5.71 Å². The van der Waals surface area contributed by atoms with Crippen molar-refractivity contribution in [2.45, 2.75) is 19.2 Å². The van der Waals surface area contributed by atoms with Crippen molar-refractivity contribution < 1.29 is 0 Å². The standard InChI is InChI=1S/C5H10N2S/c1-4-3-8-5(2)7-6-4/h5,7H,3H2,1-2H3. The second-order valence-electron chi connectivity index (χ2n) is 1.93. The van der Waals surface area contributed by atoms with Crippen LogP contribution in [0.5, 0.6) is 0 Å². The van der Waals surface area contributed by atoms with E-state index < -0.39 is 0 Å². The van der Waals surface area contributed by atoms with Crippen LogP contribution in [0.3, 0.4) is 0 Å². The number of hydrogen-bond acceptors (Lipinski definition) is 3. The van der Waals surface area contributed by atoms with E-state index in [2.05, 4.69) is 17.5 Å². The van der Waals surface area contributed by atoms with Gasteiger partial charge in [0.1, 0.15) is 0 Å². The third kappa shape index (κ3) is 1.40. The van der Waals surface area contributed by atoms with Crippen LogP contribution < -0.4 is 5.43 Å². The summed E-state index contributed by atoms with van der Waals surface area (Å²) < 4.78 is 0. The molecule has 46 valence electrons.